The van der Waals surface area contributed by atoms with Gasteiger partial charge in [0.15, 0.2) is 0 Å². The molecule has 0 saturated heterocycles. The number of carbonyl (C=O) groups is 4. The molecule has 1 aromatic heterocycles. The molecule has 3 aromatic rings. The van der Waals surface area contributed by atoms with Gasteiger partial charge in [-0.3, -0.25) is 19.2 Å². The predicted molar refractivity (Wildman–Crippen MR) is 136 cm³/mol. The highest BCUT2D eigenvalue weighted by Gasteiger charge is 2.30. The molecule has 0 fully saturated rings. The van der Waals surface area contributed by atoms with Crippen LogP contribution in [0, 0.1) is 0 Å². The predicted octanol–water partition coefficient (Wildman–Crippen LogP) is -0.168. The van der Waals surface area contributed by atoms with Crippen molar-refractivity contribution in [3.8, 4) is 0 Å². The number of hydrogen-bond acceptors (Lipinski definition) is 6. The average molecular weight is 510 g/mol. The maximum Gasteiger partial charge on any atom is 0.322 e. The molecule has 0 aliphatic heterocycles. The molecule has 0 aliphatic carbocycles. The molecule has 1 heterocycles. The van der Waals surface area contributed by atoms with E-state index in [1.807, 2.05) is 30.3 Å². The van der Waals surface area contributed by atoms with Crippen LogP contribution >= 0.6 is 0 Å². The Bertz CT molecular complexity index is 1240. The zero-order chi connectivity index (χ0) is 26.9. The molecule has 3 amide bonds. The lowest BCUT2D eigenvalue weighted by atomic mass is 10.0. The van der Waals surface area contributed by atoms with E-state index in [4.69, 9.17) is 10.8 Å². The SMILES string of the molecule is CC(O)C(N)C(=O)NC(Cc1ccccc1)C(=O)NC(Cc1c[nH]c2ccccc12)C(=O)NCC(=O)O. The zero-order valence-electron chi connectivity index (χ0n) is 20.3. The van der Waals surface area contributed by atoms with E-state index in [9.17, 15) is 24.3 Å². The van der Waals surface area contributed by atoms with E-state index in [1.54, 1.807) is 30.5 Å². The van der Waals surface area contributed by atoms with Gasteiger partial charge in [-0.1, -0.05) is 48.5 Å². The summed E-state index contributed by atoms with van der Waals surface area (Å²) in [5, 5.41) is 27.1. The van der Waals surface area contributed by atoms with E-state index in [0.717, 1.165) is 22.0 Å². The Balaban J connectivity index is 1.85. The molecule has 0 saturated carbocycles. The Morgan fingerprint density at radius 2 is 1.51 bits per heavy atom. The van der Waals surface area contributed by atoms with Crippen LogP contribution in [0.25, 0.3) is 10.9 Å². The van der Waals surface area contributed by atoms with Crippen LogP contribution in [0.4, 0.5) is 0 Å². The van der Waals surface area contributed by atoms with Crippen molar-refractivity contribution in [2.45, 2.75) is 44.0 Å². The Labute approximate surface area is 213 Å². The number of aliphatic hydroxyl groups is 1. The summed E-state index contributed by atoms with van der Waals surface area (Å²) in [6, 6.07) is 12.9. The van der Waals surface area contributed by atoms with E-state index < -0.39 is 54.5 Å². The van der Waals surface area contributed by atoms with E-state index >= 15 is 0 Å². The maximum atomic E-state index is 13.4. The molecule has 8 N–H and O–H groups in total. The lowest BCUT2D eigenvalue weighted by Crippen LogP contribution is -2.58. The number of amides is 3. The van der Waals surface area contributed by atoms with Crippen molar-refractivity contribution in [2.24, 2.45) is 5.73 Å². The number of carboxylic acid groups (broad SMARTS) is 1. The summed E-state index contributed by atoms with van der Waals surface area (Å²) in [4.78, 5) is 53.0. The number of carbonyl (C=O) groups excluding carboxylic acids is 3. The van der Waals surface area contributed by atoms with E-state index in [0.29, 0.717) is 0 Å². The second kappa shape index (κ2) is 12.7. The number of aliphatic hydroxyl groups excluding tert-OH is 1. The normalized spacial score (nSPS) is 14.2. The van der Waals surface area contributed by atoms with Crippen LogP contribution in [-0.4, -0.2) is 69.7 Å². The Morgan fingerprint density at radius 1 is 0.892 bits per heavy atom. The smallest absolute Gasteiger partial charge is 0.322 e. The number of aromatic amines is 1. The van der Waals surface area contributed by atoms with Gasteiger partial charge in [0.05, 0.1) is 6.10 Å². The zero-order valence-corrected chi connectivity index (χ0v) is 20.3. The second-order valence-electron chi connectivity index (χ2n) is 8.75. The first-order valence-electron chi connectivity index (χ1n) is 11.8. The molecule has 4 atom stereocenters. The van der Waals surface area contributed by atoms with Crippen molar-refractivity contribution in [1.29, 1.82) is 0 Å². The first kappa shape index (κ1) is 27.4. The monoisotopic (exact) mass is 509 g/mol. The lowest BCUT2D eigenvalue weighted by Gasteiger charge is -2.25. The Morgan fingerprint density at radius 3 is 2.19 bits per heavy atom. The number of H-pyrrole nitrogens is 1. The lowest BCUT2D eigenvalue weighted by molar-refractivity contribution is -0.138. The molecule has 3 rings (SSSR count). The van der Waals surface area contributed by atoms with Crippen LogP contribution in [-0.2, 0) is 32.0 Å². The van der Waals surface area contributed by atoms with Crippen LogP contribution in [0.3, 0.4) is 0 Å². The fourth-order valence-corrected chi connectivity index (χ4v) is 3.83. The van der Waals surface area contributed by atoms with Crippen molar-refractivity contribution in [2.75, 3.05) is 6.54 Å². The maximum absolute atomic E-state index is 13.4. The third kappa shape index (κ3) is 7.63. The van der Waals surface area contributed by atoms with Crippen LogP contribution in [0.1, 0.15) is 18.1 Å². The molecule has 4 unspecified atom stereocenters. The van der Waals surface area contributed by atoms with Gasteiger partial charge in [0.1, 0.15) is 24.7 Å². The number of aliphatic carboxylic acids is 1. The minimum Gasteiger partial charge on any atom is -0.480 e. The molecule has 2 aromatic carbocycles. The number of hydrogen-bond donors (Lipinski definition) is 7. The van der Waals surface area contributed by atoms with Crippen molar-refractivity contribution < 1.29 is 29.4 Å². The van der Waals surface area contributed by atoms with Gasteiger partial charge < -0.3 is 36.9 Å². The molecule has 0 aliphatic rings. The van der Waals surface area contributed by atoms with Gasteiger partial charge in [0, 0.05) is 29.9 Å². The number of nitrogens with two attached hydrogens (primary N) is 1. The van der Waals surface area contributed by atoms with Crippen molar-refractivity contribution in [3.05, 3.63) is 71.9 Å². The minimum atomic E-state index is -1.26. The van der Waals surface area contributed by atoms with Crippen LogP contribution in [0.2, 0.25) is 0 Å². The largest absolute Gasteiger partial charge is 0.480 e. The van der Waals surface area contributed by atoms with E-state index in [1.165, 1.54) is 6.92 Å². The topological polar surface area (TPSA) is 187 Å². The quantitative estimate of drug-likeness (QED) is 0.177. The van der Waals surface area contributed by atoms with Crippen LogP contribution in [0.15, 0.2) is 60.8 Å². The highest BCUT2D eigenvalue weighted by Crippen LogP contribution is 2.19. The standard InChI is InChI=1S/C26H31N5O6/c1-15(32)23(27)26(37)31-20(11-16-7-3-2-4-8-16)25(36)30-21(24(35)29-14-22(33)34)12-17-13-28-19-10-6-5-9-18(17)19/h2-10,13,15,20-21,23,28,32H,11-12,14,27H2,1H3,(H,29,35)(H,30,36)(H,31,37)(H,33,34). The highest BCUT2D eigenvalue weighted by atomic mass is 16.4. The average Bonchev–Trinajstić information content (AvgIpc) is 3.29. The van der Waals surface area contributed by atoms with Gasteiger partial charge in [0.25, 0.3) is 0 Å². The molecule has 0 bridgehead atoms. The molecule has 196 valence electrons. The molecule has 11 heteroatoms. The number of rotatable bonds is 12. The van der Waals surface area contributed by atoms with Crippen molar-refractivity contribution in [1.82, 2.24) is 20.9 Å². The van der Waals surface area contributed by atoms with Gasteiger partial charge in [-0.25, -0.2) is 0 Å². The summed E-state index contributed by atoms with van der Waals surface area (Å²) >= 11 is 0. The number of nitrogens with one attached hydrogen (secondary N) is 4. The minimum absolute atomic E-state index is 0.0698. The van der Waals surface area contributed by atoms with E-state index in [-0.39, 0.29) is 12.8 Å². The summed E-state index contributed by atoms with van der Waals surface area (Å²) < 4.78 is 0. The van der Waals surface area contributed by atoms with E-state index in [2.05, 4.69) is 20.9 Å². The fraction of sp³-hybridized carbons (Fsp3) is 0.308. The third-order valence-corrected chi connectivity index (χ3v) is 5.88. The summed E-state index contributed by atoms with van der Waals surface area (Å²) in [5.74, 6) is -3.31. The summed E-state index contributed by atoms with van der Waals surface area (Å²) in [5.41, 5.74) is 8.08. The van der Waals surface area contributed by atoms with Gasteiger partial charge >= 0.3 is 5.97 Å². The molecule has 0 spiro atoms. The van der Waals surface area contributed by atoms with Crippen molar-refractivity contribution >= 4 is 34.6 Å². The summed E-state index contributed by atoms with van der Waals surface area (Å²) in [6.45, 7) is 0.743. The van der Waals surface area contributed by atoms with Crippen LogP contribution < -0.4 is 21.7 Å². The molecule has 0 radical (unpaired) electrons. The van der Waals surface area contributed by atoms with Gasteiger partial charge in [0.2, 0.25) is 17.7 Å². The van der Waals surface area contributed by atoms with Gasteiger partial charge in [-0.15, -0.1) is 0 Å². The molecule has 11 nitrogen and oxygen atoms in total. The summed E-state index contributed by atoms with van der Waals surface area (Å²) in [7, 11) is 0. The molecule has 37 heavy (non-hydrogen) atoms. The highest BCUT2D eigenvalue weighted by molar-refractivity contribution is 5.94. The number of carboxylic acids is 1. The first-order valence-corrected chi connectivity index (χ1v) is 11.8. The first-order chi connectivity index (χ1) is 17.7. The number of para-hydroxylation sites is 1. The molecular weight excluding hydrogens is 478 g/mol. The number of fused-ring (bicyclic) bond motifs is 1. The van der Waals surface area contributed by atoms with Crippen LogP contribution in [0.5, 0.6) is 0 Å². The third-order valence-electron chi connectivity index (χ3n) is 5.88. The fourth-order valence-electron chi connectivity index (χ4n) is 3.83. The Hall–Kier alpha value is -4.22. The van der Waals surface area contributed by atoms with Gasteiger partial charge in [-0.05, 0) is 24.1 Å². The van der Waals surface area contributed by atoms with Crippen molar-refractivity contribution in [3.63, 3.8) is 0 Å². The second-order valence-corrected chi connectivity index (χ2v) is 8.75. The number of aromatic nitrogens is 1. The molecular formula is C26H31N5O6. The van der Waals surface area contributed by atoms with Gasteiger partial charge in [-0.2, -0.15) is 0 Å². The summed E-state index contributed by atoms with van der Waals surface area (Å²) in [6.07, 6.45) is 0.748. The Kier molecular flexibility index (Phi) is 9.36. The number of benzene rings is 2.